The van der Waals surface area contributed by atoms with E-state index in [1.807, 2.05) is 25.1 Å². The van der Waals surface area contributed by atoms with Crippen LogP contribution in [0.15, 0.2) is 70.8 Å². The second kappa shape index (κ2) is 7.65. The van der Waals surface area contributed by atoms with Gasteiger partial charge in [-0.2, -0.15) is 14.6 Å². The highest BCUT2D eigenvalue weighted by molar-refractivity contribution is 7.99. The molecule has 2 aromatic carbocycles. The number of halogens is 1. The van der Waals surface area contributed by atoms with Crippen LogP contribution in [0.3, 0.4) is 0 Å². The van der Waals surface area contributed by atoms with Gasteiger partial charge in [-0.1, -0.05) is 17.8 Å². The van der Waals surface area contributed by atoms with Crippen LogP contribution in [-0.2, 0) is 0 Å². The van der Waals surface area contributed by atoms with Crippen molar-refractivity contribution in [2.75, 3.05) is 10.6 Å². The van der Waals surface area contributed by atoms with Crippen LogP contribution in [0.4, 0.5) is 20.6 Å². The number of aryl methyl sites for hydroxylation is 1. The minimum absolute atomic E-state index is 0.384. The van der Waals surface area contributed by atoms with Gasteiger partial charge in [0.05, 0.1) is 0 Å². The Morgan fingerprint density at radius 2 is 1.86 bits per heavy atom. The molecule has 2 amide bonds. The molecule has 7 nitrogen and oxygen atoms in total. The third-order valence-electron chi connectivity index (χ3n) is 3.76. The summed E-state index contributed by atoms with van der Waals surface area (Å²) in [5.74, 6) is 0.141. The van der Waals surface area contributed by atoms with E-state index >= 15 is 0 Å². The van der Waals surface area contributed by atoms with Crippen LogP contribution >= 0.6 is 11.8 Å². The summed E-state index contributed by atoms with van der Waals surface area (Å²) in [4.78, 5) is 21.5. The minimum Gasteiger partial charge on any atom is -0.308 e. The van der Waals surface area contributed by atoms with E-state index in [0.29, 0.717) is 17.2 Å². The van der Waals surface area contributed by atoms with Crippen LogP contribution in [0.5, 0.6) is 0 Å². The summed E-state index contributed by atoms with van der Waals surface area (Å²) in [7, 11) is 0. The van der Waals surface area contributed by atoms with Gasteiger partial charge in [0.25, 0.3) is 5.78 Å². The Kier molecular flexibility index (Phi) is 4.90. The molecular formula is C19H15FN6OS. The Labute approximate surface area is 164 Å². The lowest BCUT2D eigenvalue weighted by Gasteiger charge is -2.09. The molecule has 0 bridgehead atoms. The van der Waals surface area contributed by atoms with Gasteiger partial charge in [-0.05, 0) is 55.5 Å². The summed E-state index contributed by atoms with van der Waals surface area (Å²) in [5, 5.41) is 10.4. The number of aromatic nitrogens is 4. The molecular weight excluding hydrogens is 379 g/mol. The molecule has 0 aliphatic rings. The van der Waals surface area contributed by atoms with Crippen molar-refractivity contribution in [1.29, 1.82) is 0 Å². The van der Waals surface area contributed by atoms with Crippen molar-refractivity contribution in [1.82, 2.24) is 19.6 Å². The Balaban J connectivity index is 1.43. The summed E-state index contributed by atoms with van der Waals surface area (Å²) in [6.45, 7) is 1.91. The van der Waals surface area contributed by atoms with Crippen LogP contribution < -0.4 is 10.6 Å². The van der Waals surface area contributed by atoms with E-state index in [9.17, 15) is 9.18 Å². The number of hydrogen-bond donors (Lipinski definition) is 2. The summed E-state index contributed by atoms with van der Waals surface area (Å²) in [5.41, 5.74) is 1.86. The zero-order valence-corrected chi connectivity index (χ0v) is 15.6. The number of fused-ring (bicyclic) bond motifs is 1. The number of carbonyl (C=O) groups excluding carboxylic acids is 1. The standard InChI is InChI=1S/C19H15FN6OS/c1-12-9-17(26-18(23-12)21-11-22-26)28-16-7-5-14(6-8-16)24-19(27)25-15-4-2-3-13(20)10-15/h2-11H,1H3,(H2,24,25,27). The molecule has 0 radical (unpaired) electrons. The lowest BCUT2D eigenvalue weighted by Crippen LogP contribution is -2.19. The molecule has 0 saturated heterocycles. The first-order valence-corrected chi connectivity index (χ1v) is 9.17. The maximum Gasteiger partial charge on any atom is 0.323 e. The van der Waals surface area contributed by atoms with E-state index in [2.05, 4.69) is 25.7 Å². The van der Waals surface area contributed by atoms with Crippen LogP contribution in [-0.4, -0.2) is 25.6 Å². The van der Waals surface area contributed by atoms with E-state index in [1.54, 1.807) is 22.7 Å². The number of amides is 2. The number of nitrogens with zero attached hydrogens (tertiary/aromatic N) is 4. The molecule has 4 aromatic rings. The van der Waals surface area contributed by atoms with E-state index < -0.39 is 11.8 Å². The predicted octanol–water partition coefficient (Wildman–Crippen LogP) is 4.37. The molecule has 2 N–H and O–H groups in total. The minimum atomic E-state index is -0.444. The molecule has 0 aliphatic heterocycles. The monoisotopic (exact) mass is 394 g/mol. The van der Waals surface area contributed by atoms with E-state index in [-0.39, 0.29) is 0 Å². The summed E-state index contributed by atoms with van der Waals surface area (Å²) < 4.78 is 14.9. The number of hydrogen-bond acceptors (Lipinski definition) is 5. The van der Waals surface area contributed by atoms with Crippen LogP contribution in [0.25, 0.3) is 5.78 Å². The average Bonchev–Trinajstić information content (AvgIpc) is 3.12. The first kappa shape index (κ1) is 17.9. The Morgan fingerprint density at radius 1 is 1.07 bits per heavy atom. The van der Waals surface area contributed by atoms with Gasteiger partial charge in [-0.3, -0.25) is 0 Å². The second-order valence-electron chi connectivity index (χ2n) is 5.92. The highest BCUT2D eigenvalue weighted by atomic mass is 32.2. The van der Waals surface area contributed by atoms with Crippen molar-refractivity contribution in [3.63, 3.8) is 0 Å². The smallest absolute Gasteiger partial charge is 0.308 e. The normalized spacial score (nSPS) is 10.8. The van der Waals surface area contributed by atoms with E-state index in [4.69, 9.17) is 0 Å². The lowest BCUT2D eigenvalue weighted by atomic mass is 10.3. The first-order valence-electron chi connectivity index (χ1n) is 8.36. The summed E-state index contributed by atoms with van der Waals surface area (Å²) in [6.07, 6.45) is 1.47. The number of rotatable bonds is 4. The molecule has 0 spiro atoms. The van der Waals surface area contributed by atoms with Gasteiger partial charge in [-0.15, -0.1) is 0 Å². The molecule has 2 aromatic heterocycles. The fourth-order valence-electron chi connectivity index (χ4n) is 2.56. The highest BCUT2D eigenvalue weighted by Gasteiger charge is 2.08. The molecule has 0 aliphatic carbocycles. The Hall–Kier alpha value is -3.46. The second-order valence-corrected chi connectivity index (χ2v) is 7.02. The van der Waals surface area contributed by atoms with E-state index in [1.165, 1.54) is 36.3 Å². The summed E-state index contributed by atoms with van der Waals surface area (Å²) in [6, 6.07) is 14.6. The molecule has 0 atom stereocenters. The zero-order chi connectivity index (χ0) is 19.5. The van der Waals surface area contributed by atoms with E-state index in [0.717, 1.165) is 15.6 Å². The molecule has 28 heavy (non-hydrogen) atoms. The maximum atomic E-state index is 13.2. The number of benzene rings is 2. The number of carbonyl (C=O) groups is 1. The van der Waals surface area contributed by atoms with Gasteiger partial charge < -0.3 is 10.6 Å². The van der Waals surface area contributed by atoms with Crippen molar-refractivity contribution in [2.45, 2.75) is 16.8 Å². The highest BCUT2D eigenvalue weighted by Crippen LogP contribution is 2.28. The number of anilines is 2. The quantitative estimate of drug-likeness (QED) is 0.502. The molecule has 0 unspecified atom stereocenters. The lowest BCUT2D eigenvalue weighted by molar-refractivity contribution is 0.262. The average molecular weight is 394 g/mol. The van der Waals surface area contributed by atoms with Gasteiger partial charge in [0.1, 0.15) is 17.2 Å². The largest absolute Gasteiger partial charge is 0.323 e. The Morgan fingerprint density at radius 3 is 2.64 bits per heavy atom. The molecule has 2 heterocycles. The molecule has 140 valence electrons. The molecule has 4 rings (SSSR count). The Bertz CT molecular complexity index is 1140. The van der Waals surface area contributed by atoms with Crippen LogP contribution in [0.1, 0.15) is 5.69 Å². The van der Waals surface area contributed by atoms with Gasteiger partial charge in [0, 0.05) is 22.0 Å². The number of nitrogens with one attached hydrogen (secondary N) is 2. The zero-order valence-electron chi connectivity index (χ0n) is 14.8. The molecule has 9 heteroatoms. The maximum absolute atomic E-state index is 13.2. The van der Waals surface area contributed by atoms with Gasteiger partial charge in [0.15, 0.2) is 0 Å². The predicted molar refractivity (Wildman–Crippen MR) is 105 cm³/mol. The van der Waals surface area contributed by atoms with Crippen molar-refractivity contribution in [3.8, 4) is 0 Å². The fraction of sp³-hybridized carbons (Fsp3) is 0.0526. The van der Waals surface area contributed by atoms with Crippen LogP contribution in [0.2, 0.25) is 0 Å². The van der Waals surface area contributed by atoms with Crippen molar-refractivity contribution < 1.29 is 9.18 Å². The SMILES string of the molecule is Cc1cc(Sc2ccc(NC(=O)Nc3cccc(F)c3)cc2)n2ncnc2n1. The topological polar surface area (TPSA) is 84.2 Å². The third kappa shape index (κ3) is 4.09. The van der Waals surface area contributed by atoms with Crippen molar-refractivity contribution >= 4 is 34.9 Å². The molecule has 0 fully saturated rings. The fourth-order valence-corrected chi connectivity index (χ4v) is 3.51. The number of urea groups is 1. The van der Waals surface area contributed by atoms with Crippen LogP contribution in [0, 0.1) is 12.7 Å². The first-order chi connectivity index (χ1) is 13.6. The van der Waals surface area contributed by atoms with Gasteiger partial charge in [0.2, 0.25) is 0 Å². The molecule has 0 saturated carbocycles. The summed E-state index contributed by atoms with van der Waals surface area (Å²) >= 11 is 1.52. The van der Waals surface area contributed by atoms with Crippen molar-refractivity contribution in [2.24, 2.45) is 0 Å². The van der Waals surface area contributed by atoms with Gasteiger partial charge >= 0.3 is 6.03 Å². The van der Waals surface area contributed by atoms with Gasteiger partial charge in [-0.25, -0.2) is 14.2 Å². The van der Waals surface area contributed by atoms with Crippen molar-refractivity contribution in [3.05, 3.63) is 72.4 Å². The third-order valence-corrected chi connectivity index (χ3v) is 4.77.